The Balaban J connectivity index is 2.69. The Morgan fingerprint density at radius 3 is 2.80 bits per heavy atom. The van der Waals surface area contributed by atoms with Gasteiger partial charge in [-0.1, -0.05) is 12.1 Å². The van der Waals surface area contributed by atoms with Crippen LogP contribution in [-0.4, -0.2) is 4.98 Å². The lowest BCUT2D eigenvalue weighted by Crippen LogP contribution is -1.92. The molecule has 2 rings (SSSR count). The predicted molar refractivity (Wildman–Crippen MR) is 60.5 cm³/mol. The third-order valence-electron chi connectivity index (χ3n) is 2.49. The lowest BCUT2D eigenvalue weighted by Gasteiger charge is -2.04. The van der Waals surface area contributed by atoms with Crippen LogP contribution >= 0.6 is 0 Å². The van der Waals surface area contributed by atoms with Crippen LogP contribution in [0.4, 0.5) is 0 Å². The number of hydrogen-bond acceptors (Lipinski definition) is 2. The highest BCUT2D eigenvalue weighted by molar-refractivity contribution is 5.82. The molecule has 74 valence electrons. The van der Waals surface area contributed by atoms with E-state index in [4.69, 9.17) is 5.26 Å². The quantitative estimate of drug-likeness (QED) is 0.703. The highest BCUT2D eigenvalue weighted by atomic mass is 14.7. The first-order valence-electron chi connectivity index (χ1n) is 4.94. The molecule has 1 heterocycles. The number of rotatable bonds is 1. The lowest BCUT2D eigenvalue weighted by molar-refractivity contribution is 1.13. The Bertz CT molecular complexity index is 550. The summed E-state index contributed by atoms with van der Waals surface area (Å²) in [6.07, 6.45) is 0.380. The normalized spacial score (nSPS) is 10.2. The monoisotopic (exact) mass is 196 g/mol. The van der Waals surface area contributed by atoms with Crippen molar-refractivity contribution in [2.45, 2.75) is 20.3 Å². The van der Waals surface area contributed by atoms with Gasteiger partial charge in [-0.3, -0.25) is 4.98 Å². The number of pyridine rings is 1. The fraction of sp³-hybridized carbons (Fsp3) is 0.231. The summed E-state index contributed by atoms with van der Waals surface area (Å²) in [6, 6.07) is 10.3. The highest BCUT2D eigenvalue weighted by Crippen LogP contribution is 2.19. The molecule has 1 aromatic heterocycles. The molecule has 0 amide bonds. The molecule has 2 heteroatoms. The molecule has 15 heavy (non-hydrogen) atoms. The van der Waals surface area contributed by atoms with Gasteiger partial charge in [0, 0.05) is 5.39 Å². The van der Waals surface area contributed by atoms with Gasteiger partial charge in [0.25, 0.3) is 0 Å². The van der Waals surface area contributed by atoms with Crippen LogP contribution in [0.1, 0.15) is 16.8 Å². The van der Waals surface area contributed by atoms with E-state index in [1.807, 2.05) is 13.0 Å². The summed E-state index contributed by atoms with van der Waals surface area (Å²) < 4.78 is 0. The molecule has 0 bridgehead atoms. The molecule has 0 N–H and O–H groups in total. The van der Waals surface area contributed by atoms with Crippen molar-refractivity contribution in [3.05, 3.63) is 41.1 Å². The summed E-state index contributed by atoms with van der Waals surface area (Å²) in [4.78, 5) is 4.46. The molecule has 0 fully saturated rings. The van der Waals surface area contributed by atoms with Gasteiger partial charge in [-0.25, -0.2) is 0 Å². The van der Waals surface area contributed by atoms with Crippen molar-refractivity contribution in [3.63, 3.8) is 0 Å². The van der Waals surface area contributed by atoms with Crippen LogP contribution in [0.15, 0.2) is 24.3 Å². The molecular formula is C13H12N2. The Labute approximate surface area is 89.2 Å². The lowest BCUT2D eigenvalue weighted by atomic mass is 10.1. The van der Waals surface area contributed by atoms with Gasteiger partial charge in [0.1, 0.15) is 0 Å². The third-order valence-corrected chi connectivity index (χ3v) is 2.49. The predicted octanol–water partition coefficient (Wildman–Crippen LogP) is 2.92. The molecule has 0 unspecified atom stereocenters. The second kappa shape index (κ2) is 3.70. The number of aromatic nitrogens is 1. The fourth-order valence-electron chi connectivity index (χ4n) is 1.75. The van der Waals surface area contributed by atoms with Crippen LogP contribution in [0.5, 0.6) is 0 Å². The second-order valence-corrected chi connectivity index (χ2v) is 3.79. The smallest absolute Gasteiger partial charge is 0.0775 e. The molecule has 2 nitrogen and oxygen atoms in total. The molecule has 0 aliphatic heterocycles. The van der Waals surface area contributed by atoms with Crippen molar-refractivity contribution in [3.8, 4) is 6.07 Å². The van der Waals surface area contributed by atoms with Gasteiger partial charge in [0.05, 0.1) is 23.7 Å². The maximum atomic E-state index is 8.65. The summed E-state index contributed by atoms with van der Waals surface area (Å²) in [5, 5.41) is 9.82. The van der Waals surface area contributed by atoms with E-state index < -0.39 is 0 Å². The maximum absolute atomic E-state index is 8.65. The van der Waals surface area contributed by atoms with E-state index in [0.717, 1.165) is 11.2 Å². The zero-order valence-corrected chi connectivity index (χ0v) is 8.91. The van der Waals surface area contributed by atoms with Crippen LogP contribution < -0.4 is 0 Å². The maximum Gasteiger partial charge on any atom is 0.0775 e. The van der Waals surface area contributed by atoms with Gasteiger partial charge in [0.15, 0.2) is 0 Å². The van der Waals surface area contributed by atoms with E-state index in [-0.39, 0.29) is 0 Å². The van der Waals surface area contributed by atoms with Crippen molar-refractivity contribution >= 4 is 10.9 Å². The Hall–Kier alpha value is -1.88. The minimum absolute atomic E-state index is 0.380. The molecule has 2 aromatic rings. The molecule has 0 radical (unpaired) electrons. The second-order valence-electron chi connectivity index (χ2n) is 3.79. The Morgan fingerprint density at radius 1 is 1.27 bits per heavy atom. The minimum Gasteiger partial charge on any atom is -0.252 e. The van der Waals surface area contributed by atoms with Crippen LogP contribution in [-0.2, 0) is 6.42 Å². The van der Waals surface area contributed by atoms with Crippen molar-refractivity contribution in [2.75, 3.05) is 0 Å². The molecule has 1 aromatic carbocycles. The minimum atomic E-state index is 0.380. The van der Waals surface area contributed by atoms with Crippen molar-refractivity contribution in [1.82, 2.24) is 4.98 Å². The summed E-state index contributed by atoms with van der Waals surface area (Å²) in [5.74, 6) is 0. The van der Waals surface area contributed by atoms with Crippen LogP contribution in [0.3, 0.4) is 0 Å². The summed E-state index contributed by atoms with van der Waals surface area (Å²) >= 11 is 0. The number of benzene rings is 1. The van der Waals surface area contributed by atoms with Gasteiger partial charge in [-0.2, -0.15) is 5.26 Å². The molecule has 0 saturated heterocycles. The Kier molecular flexibility index (Phi) is 2.39. The fourth-order valence-corrected chi connectivity index (χ4v) is 1.75. The van der Waals surface area contributed by atoms with Gasteiger partial charge < -0.3 is 0 Å². The largest absolute Gasteiger partial charge is 0.252 e. The number of fused-ring (bicyclic) bond motifs is 1. The Morgan fingerprint density at radius 2 is 2.07 bits per heavy atom. The van der Waals surface area contributed by atoms with Crippen LogP contribution in [0.25, 0.3) is 10.9 Å². The summed E-state index contributed by atoms with van der Waals surface area (Å²) in [6.45, 7) is 4.10. The molecular weight excluding hydrogens is 184 g/mol. The van der Waals surface area contributed by atoms with Crippen molar-refractivity contribution < 1.29 is 0 Å². The first-order valence-corrected chi connectivity index (χ1v) is 4.94. The van der Waals surface area contributed by atoms with E-state index in [2.05, 4.69) is 36.2 Å². The molecule has 0 spiro atoms. The van der Waals surface area contributed by atoms with Gasteiger partial charge in [-0.15, -0.1) is 0 Å². The number of nitrogens with zero attached hydrogens (tertiary/aromatic N) is 2. The molecule has 0 aliphatic rings. The molecule has 0 aliphatic carbocycles. The summed E-state index contributed by atoms with van der Waals surface area (Å²) in [5.41, 5.74) is 4.22. The highest BCUT2D eigenvalue weighted by Gasteiger charge is 2.02. The number of aryl methyl sites for hydroxylation is 2. The van der Waals surface area contributed by atoms with E-state index in [9.17, 15) is 0 Å². The standard InChI is InChI=1S/C13H12N2/c1-9-3-4-12-10(2)8-11(5-6-14)15-13(12)7-9/h3-4,7-8H,5H2,1-2H3. The SMILES string of the molecule is Cc1ccc2c(C)cc(CC#N)nc2c1. The number of hydrogen-bond donors (Lipinski definition) is 0. The van der Waals surface area contributed by atoms with Crippen LogP contribution in [0.2, 0.25) is 0 Å². The van der Waals surface area contributed by atoms with E-state index in [1.54, 1.807) is 0 Å². The van der Waals surface area contributed by atoms with Crippen LogP contribution in [0, 0.1) is 25.2 Å². The third kappa shape index (κ3) is 1.82. The van der Waals surface area contributed by atoms with E-state index in [0.29, 0.717) is 6.42 Å². The average Bonchev–Trinajstić information content (AvgIpc) is 2.17. The zero-order chi connectivity index (χ0) is 10.8. The number of nitriles is 1. The topological polar surface area (TPSA) is 36.7 Å². The van der Waals surface area contributed by atoms with E-state index >= 15 is 0 Å². The van der Waals surface area contributed by atoms with Crippen molar-refractivity contribution in [2.24, 2.45) is 0 Å². The van der Waals surface area contributed by atoms with Gasteiger partial charge in [0.2, 0.25) is 0 Å². The average molecular weight is 196 g/mol. The van der Waals surface area contributed by atoms with E-state index in [1.165, 1.54) is 16.5 Å². The first kappa shape index (κ1) is 9.67. The van der Waals surface area contributed by atoms with Gasteiger partial charge in [-0.05, 0) is 37.1 Å². The zero-order valence-electron chi connectivity index (χ0n) is 8.91. The first-order chi connectivity index (χ1) is 7.20. The molecule has 0 saturated carbocycles. The summed E-state index contributed by atoms with van der Waals surface area (Å²) in [7, 11) is 0. The van der Waals surface area contributed by atoms with Gasteiger partial charge >= 0.3 is 0 Å². The van der Waals surface area contributed by atoms with Crippen molar-refractivity contribution in [1.29, 1.82) is 5.26 Å². The molecule has 0 atom stereocenters.